The van der Waals surface area contributed by atoms with Crippen molar-refractivity contribution in [1.29, 1.82) is 0 Å². The van der Waals surface area contributed by atoms with Gasteiger partial charge in [-0.2, -0.15) is 0 Å². The van der Waals surface area contributed by atoms with Gasteiger partial charge in [0.2, 0.25) is 5.91 Å². The van der Waals surface area contributed by atoms with Crippen molar-refractivity contribution in [2.45, 2.75) is 63.9 Å². The van der Waals surface area contributed by atoms with Gasteiger partial charge in [-0.1, -0.05) is 6.42 Å². The number of hydrogen-bond acceptors (Lipinski definition) is 5. The van der Waals surface area contributed by atoms with Crippen LogP contribution >= 0.6 is 0 Å². The molecule has 27 heavy (non-hydrogen) atoms. The van der Waals surface area contributed by atoms with Crippen LogP contribution in [0.25, 0.3) is 0 Å². The zero-order chi connectivity index (χ0) is 18.9. The lowest BCUT2D eigenvalue weighted by Crippen LogP contribution is -2.37. The van der Waals surface area contributed by atoms with Crippen molar-refractivity contribution in [2.75, 3.05) is 24.5 Å². The number of likely N-dealkylation sites (tertiary alicyclic amines) is 1. The summed E-state index contributed by atoms with van der Waals surface area (Å²) >= 11 is 0. The number of amides is 2. The molecule has 1 aromatic rings. The summed E-state index contributed by atoms with van der Waals surface area (Å²) in [6, 6.07) is 1.93. The molecular weight excluding hydrogens is 344 g/mol. The molecular formula is C20H28N4O3. The standard InChI is InChI=1S/C20H28N4O3/c1-15(25)23-9-5-16(6-10-23)11-17-12-18(22-14-21-17)24-13-20(27-19(24)26)7-3-2-4-8-20/h12,14,16H,2-11,13H2,1H3. The van der Waals surface area contributed by atoms with Gasteiger partial charge in [-0.25, -0.2) is 14.8 Å². The molecule has 146 valence electrons. The highest BCUT2D eigenvalue weighted by Crippen LogP contribution is 2.38. The number of anilines is 1. The van der Waals surface area contributed by atoms with Gasteiger partial charge in [-0.05, 0) is 50.9 Å². The van der Waals surface area contributed by atoms with E-state index in [2.05, 4.69) is 9.97 Å². The Kier molecular flexibility index (Phi) is 5.02. The number of carbonyl (C=O) groups is 2. The number of hydrogen-bond donors (Lipinski definition) is 0. The molecule has 0 radical (unpaired) electrons. The van der Waals surface area contributed by atoms with Crippen LogP contribution < -0.4 is 4.90 Å². The summed E-state index contributed by atoms with van der Waals surface area (Å²) in [6.07, 6.45) is 9.47. The first-order valence-electron chi connectivity index (χ1n) is 10.1. The van der Waals surface area contributed by atoms with Gasteiger partial charge in [0.1, 0.15) is 17.7 Å². The Balaban J connectivity index is 1.41. The first kappa shape index (κ1) is 18.2. The van der Waals surface area contributed by atoms with Crippen LogP contribution in [0.2, 0.25) is 0 Å². The second kappa shape index (κ2) is 7.44. The molecule has 0 unspecified atom stereocenters. The van der Waals surface area contributed by atoms with Crippen LogP contribution in [0, 0.1) is 5.92 Å². The zero-order valence-electron chi connectivity index (χ0n) is 16.0. The summed E-state index contributed by atoms with van der Waals surface area (Å²) in [5.41, 5.74) is 0.638. The highest BCUT2D eigenvalue weighted by molar-refractivity contribution is 5.89. The van der Waals surface area contributed by atoms with Crippen molar-refractivity contribution in [3.8, 4) is 0 Å². The van der Waals surface area contributed by atoms with Crippen molar-refractivity contribution in [3.63, 3.8) is 0 Å². The molecule has 2 aliphatic heterocycles. The van der Waals surface area contributed by atoms with E-state index in [-0.39, 0.29) is 17.6 Å². The number of piperidine rings is 1. The second-order valence-electron chi connectivity index (χ2n) is 8.22. The predicted octanol–water partition coefficient (Wildman–Crippen LogP) is 2.94. The van der Waals surface area contributed by atoms with E-state index in [0.29, 0.717) is 18.3 Å². The molecule has 1 aromatic heterocycles. The highest BCUT2D eigenvalue weighted by atomic mass is 16.6. The summed E-state index contributed by atoms with van der Waals surface area (Å²) in [4.78, 5) is 36.3. The van der Waals surface area contributed by atoms with E-state index in [9.17, 15) is 9.59 Å². The maximum absolute atomic E-state index is 12.5. The van der Waals surface area contributed by atoms with Crippen molar-refractivity contribution >= 4 is 17.8 Å². The largest absolute Gasteiger partial charge is 0.441 e. The number of rotatable bonds is 3. The fourth-order valence-electron chi connectivity index (χ4n) is 4.65. The molecule has 2 saturated heterocycles. The molecule has 0 atom stereocenters. The first-order valence-corrected chi connectivity index (χ1v) is 10.1. The van der Waals surface area contributed by atoms with E-state index < -0.39 is 0 Å². The van der Waals surface area contributed by atoms with Crippen LogP contribution in [0.1, 0.15) is 57.6 Å². The number of carbonyl (C=O) groups excluding carboxylic acids is 2. The maximum Gasteiger partial charge on any atom is 0.416 e. The maximum atomic E-state index is 12.5. The van der Waals surface area contributed by atoms with Gasteiger partial charge in [-0.3, -0.25) is 9.69 Å². The molecule has 7 heteroatoms. The Morgan fingerprint density at radius 1 is 1.22 bits per heavy atom. The number of ether oxygens (including phenoxy) is 1. The molecule has 3 aliphatic rings. The van der Waals surface area contributed by atoms with Crippen LogP contribution in [0.3, 0.4) is 0 Å². The van der Waals surface area contributed by atoms with Gasteiger partial charge in [-0.15, -0.1) is 0 Å². The molecule has 7 nitrogen and oxygen atoms in total. The molecule has 4 rings (SSSR count). The van der Waals surface area contributed by atoms with Gasteiger partial charge in [0.25, 0.3) is 0 Å². The lowest BCUT2D eigenvalue weighted by Gasteiger charge is -2.31. The normalized spacial score (nSPS) is 22.9. The monoisotopic (exact) mass is 372 g/mol. The lowest BCUT2D eigenvalue weighted by atomic mass is 9.85. The fraction of sp³-hybridized carbons (Fsp3) is 0.700. The van der Waals surface area contributed by atoms with Crippen LogP contribution in [0.5, 0.6) is 0 Å². The Bertz CT molecular complexity index is 709. The van der Waals surface area contributed by atoms with Gasteiger partial charge in [0.05, 0.1) is 6.54 Å². The first-order chi connectivity index (χ1) is 13.0. The number of nitrogens with zero attached hydrogens (tertiary/aromatic N) is 4. The predicted molar refractivity (Wildman–Crippen MR) is 100 cm³/mol. The SMILES string of the molecule is CC(=O)N1CCC(Cc2cc(N3CC4(CCCCC4)OC3=O)ncn2)CC1. The van der Waals surface area contributed by atoms with E-state index in [1.807, 2.05) is 11.0 Å². The Hall–Kier alpha value is -2.18. The average molecular weight is 372 g/mol. The summed E-state index contributed by atoms with van der Waals surface area (Å²) in [5, 5.41) is 0. The zero-order valence-corrected chi connectivity index (χ0v) is 16.0. The molecule has 3 heterocycles. The summed E-state index contributed by atoms with van der Waals surface area (Å²) in [6.45, 7) is 3.86. The third-order valence-corrected chi connectivity index (χ3v) is 6.28. The summed E-state index contributed by atoms with van der Waals surface area (Å²) < 4.78 is 5.77. The van der Waals surface area contributed by atoms with Gasteiger partial charge >= 0.3 is 6.09 Å². The smallest absolute Gasteiger partial charge is 0.416 e. The average Bonchev–Trinajstić information content (AvgIpc) is 2.98. The summed E-state index contributed by atoms with van der Waals surface area (Å²) in [5.74, 6) is 1.31. The van der Waals surface area contributed by atoms with E-state index in [4.69, 9.17) is 4.74 Å². The molecule has 0 N–H and O–H groups in total. The topological polar surface area (TPSA) is 75.6 Å². The Morgan fingerprint density at radius 3 is 2.67 bits per heavy atom. The lowest BCUT2D eigenvalue weighted by molar-refractivity contribution is -0.130. The fourth-order valence-corrected chi connectivity index (χ4v) is 4.65. The second-order valence-corrected chi connectivity index (χ2v) is 8.22. The number of aromatic nitrogens is 2. The van der Waals surface area contributed by atoms with Gasteiger partial charge in [0.15, 0.2) is 0 Å². The minimum absolute atomic E-state index is 0.155. The molecule has 2 amide bonds. The molecule has 0 aromatic carbocycles. The van der Waals surface area contributed by atoms with Gasteiger partial charge in [0, 0.05) is 31.8 Å². The molecule has 1 saturated carbocycles. The molecule has 0 bridgehead atoms. The molecule has 1 aliphatic carbocycles. The van der Waals surface area contributed by atoms with Crippen molar-refractivity contribution in [2.24, 2.45) is 5.92 Å². The van der Waals surface area contributed by atoms with Crippen LogP contribution in [-0.2, 0) is 16.0 Å². The van der Waals surface area contributed by atoms with E-state index in [1.165, 1.54) is 6.42 Å². The third kappa shape index (κ3) is 3.92. The van der Waals surface area contributed by atoms with E-state index >= 15 is 0 Å². The van der Waals surface area contributed by atoms with Crippen LogP contribution in [-0.4, -0.2) is 52.1 Å². The summed E-state index contributed by atoms with van der Waals surface area (Å²) in [7, 11) is 0. The van der Waals surface area contributed by atoms with Crippen LogP contribution in [0.15, 0.2) is 12.4 Å². The molecule has 1 spiro atoms. The minimum atomic E-state index is -0.319. The highest BCUT2D eigenvalue weighted by Gasteiger charge is 2.46. The van der Waals surface area contributed by atoms with Crippen molar-refractivity contribution in [1.82, 2.24) is 14.9 Å². The Morgan fingerprint density at radius 2 is 1.96 bits per heavy atom. The quantitative estimate of drug-likeness (QED) is 0.815. The van der Waals surface area contributed by atoms with Crippen LogP contribution in [0.4, 0.5) is 10.6 Å². The third-order valence-electron chi connectivity index (χ3n) is 6.28. The molecule has 3 fully saturated rings. The van der Waals surface area contributed by atoms with Gasteiger partial charge < -0.3 is 9.64 Å². The minimum Gasteiger partial charge on any atom is -0.441 e. The van der Waals surface area contributed by atoms with E-state index in [1.54, 1.807) is 18.2 Å². The van der Waals surface area contributed by atoms with Crippen molar-refractivity contribution in [3.05, 3.63) is 18.1 Å². The Labute approximate surface area is 160 Å². The van der Waals surface area contributed by atoms with E-state index in [0.717, 1.165) is 63.7 Å². The van der Waals surface area contributed by atoms with Crippen molar-refractivity contribution < 1.29 is 14.3 Å².